The monoisotopic (exact) mass is 393 g/mol. The number of nitrogens with zero attached hydrogens (tertiary/aromatic N) is 3. The number of fused-ring (bicyclic) bond motifs is 1. The normalized spacial score (nSPS) is 17.6. The number of hydrogen-bond acceptors (Lipinski definition) is 6. The van der Waals surface area contributed by atoms with Crippen molar-refractivity contribution in [3.8, 4) is 0 Å². The molecule has 26 heavy (non-hydrogen) atoms. The van der Waals surface area contributed by atoms with Gasteiger partial charge in [0.25, 0.3) is 0 Å². The van der Waals surface area contributed by atoms with Crippen LogP contribution in [0.5, 0.6) is 0 Å². The molecule has 1 aliphatic rings. The lowest BCUT2D eigenvalue weighted by Gasteiger charge is -2.32. The highest BCUT2D eigenvalue weighted by Crippen LogP contribution is 2.34. The van der Waals surface area contributed by atoms with E-state index in [0.717, 1.165) is 34.6 Å². The van der Waals surface area contributed by atoms with Gasteiger partial charge in [0, 0.05) is 29.8 Å². The summed E-state index contributed by atoms with van der Waals surface area (Å²) in [7, 11) is 0. The van der Waals surface area contributed by atoms with Gasteiger partial charge in [-0.05, 0) is 44.6 Å². The molecular weight excluding hydrogens is 370 g/mol. The van der Waals surface area contributed by atoms with Gasteiger partial charge in [-0.3, -0.25) is 9.59 Å². The minimum Gasteiger partial charge on any atom is -0.481 e. The van der Waals surface area contributed by atoms with Gasteiger partial charge in [0.2, 0.25) is 5.91 Å². The molecular formula is C18H23N3O3S2. The quantitative estimate of drug-likeness (QED) is 0.597. The molecule has 1 amide bonds. The van der Waals surface area contributed by atoms with E-state index in [1.807, 2.05) is 4.90 Å². The topological polar surface area (TPSA) is 83.4 Å². The number of aryl methyl sites for hydroxylation is 2. The lowest BCUT2D eigenvalue weighted by atomic mass is 9.93. The van der Waals surface area contributed by atoms with Crippen molar-refractivity contribution < 1.29 is 14.7 Å². The highest BCUT2D eigenvalue weighted by Gasteiger charge is 2.24. The van der Waals surface area contributed by atoms with Gasteiger partial charge < -0.3 is 10.0 Å². The minimum absolute atomic E-state index is 0.103. The summed E-state index contributed by atoms with van der Waals surface area (Å²) in [5.41, 5.74) is 1.19. The van der Waals surface area contributed by atoms with Crippen LogP contribution in [-0.2, 0) is 9.59 Å². The van der Waals surface area contributed by atoms with Gasteiger partial charge in [-0.1, -0.05) is 11.8 Å². The van der Waals surface area contributed by atoms with Crippen molar-refractivity contribution in [2.45, 2.75) is 44.6 Å². The maximum atomic E-state index is 12.6. The Morgan fingerprint density at radius 1 is 1.38 bits per heavy atom. The molecule has 3 heterocycles. The van der Waals surface area contributed by atoms with Gasteiger partial charge in [-0.2, -0.15) is 0 Å². The number of rotatable bonds is 6. The van der Waals surface area contributed by atoms with Crippen molar-refractivity contribution in [3.05, 3.63) is 16.8 Å². The second-order valence-electron chi connectivity index (χ2n) is 6.71. The van der Waals surface area contributed by atoms with E-state index in [-0.39, 0.29) is 12.3 Å². The first-order valence-electron chi connectivity index (χ1n) is 8.78. The first-order valence-corrected chi connectivity index (χ1v) is 10.6. The Morgan fingerprint density at radius 3 is 2.96 bits per heavy atom. The smallest absolute Gasteiger partial charge is 0.303 e. The van der Waals surface area contributed by atoms with Crippen LogP contribution in [0.4, 0.5) is 0 Å². The number of carbonyl (C=O) groups excluding carboxylic acids is 1. The average molecular weight is 394 g/mol. The summed E-state index contributed by atoms with van der Waals surface area (Å²) >= 11 is 3.12. The van der Waals surface area contributed by atoms with Crippen molar-refractivity contribution in [1.82, 2.24) is 14.9 Å². The van der Waals surface area contributed by atoms with Crippen LogP contribution in [0.3, 0.4) is 0 Å². The second kappa shape index (κ2) is 8.35. The number of amides is 1. The van der Waals surface area contributed by atoms with Crippen LogP contribution in [0.15, 0.2) is 11.4 Å². The number of likely N-dealkylation sites (tertiary alicyclic amines) is 1. The minimum atomic E-state index is -0.766. The number of carboxylic acid groups (broad SMARTS) is 1. The van der Waals surface area contributed by atoms with E-state index in [1.54, 1.807) is 17.7 Å². The third kappa shape index (κ3) is 4.35. The van der Waals surface area contributed by atoms with Crippen LogP contribution in [0, 0.1) is 19.8 Å². The molecule has 2 aromatic rings. The Kier molecular flexibility index (Phi) is 6.13. The highest BCUT2D eigenvalue weighted by molar-refractivity contribution is 8.00. The summed E-state index contributed by atoms with van der Waals surface area (Å²) in [6, 6.07) is 0. The van der Waals surface area contributed by atoms with Crippen LogP contribution < -0.4 is 0 Å². The fraction of sp³-hybridized carbons (Fsp3) is 0.556. The van der Waals surface area contributed by atoms with Crippen molar-refractivity contribution >= 4 is 45.2 Å². The van der Waals surface area contributed by atoms with Crippen LogP contribution in [0.2, 0.25) is 0 Å². The summed E-state index contributed by atoms with van der Waals surface area (Å²) in [6.45, 7) is 5.58. The van der Waals surface area contributed by atoms with Crippen molar-refractivity contribution in [2.75, 3.05) is 18.8 Å². The fourth-order valence-corrected chi connectivity index (χ4v) is 5.36. The molecule has 0 saturated carbocycles. The van der Waals surface area contributed by atoms with Gasteiger partial charge in [-0.25, -0.2) is 9.97 Å². The zero-order valence-corrected chi connectivity index (χ0v) is 16.7. The number of piperidine rings is 1. The van der Waals surface area contributed by atoms with Crippen LogP contribution in [0.1, 0.15) is 36.1 Å². The molecule has 140 valence electrons. The SMILES string of the molecule is Cc1sc2ncnc(SCC(=O)N3CCCC(CCC(=O)O)C3)c2c1C. The number of thiophene rings is 1. The molecule has 0 bridgehead atoms. The van der Waals surface area contributed by atoms with Gasteiger partial charge in [0.05, 0.1) is 5.75 Å². The number of aromatic nitrogens is 2. The highest BCUT2D eigenvalue weighted by atomic mass is 32.2. The first-order chi connectivity index (χ1) is 12.5. The lowest BCUT2D eigenvalue weighted by Crippen LogP contribution is -2.41. The molecule has 0 aromatic carbocycles. The zero-order valence-electron chi connectivity index (χ0n) is 15.0. The summed E-state index contributed by atoms with van der Waals surface area (Å²) in [6.07, 6.45) is 4.34. The lowest BCUT2D eigenvalue weighted by molar-refractivity contribution is -0.137. The molecule has 1 N–H and O–H groups in total. The van der Waals surface area contributed by atoms with Crippen LogP contribution >= 0.6 is 23.1 Å². The Hall–Kier alpha value is -1.67. The summed E-state index contributed by atoms with van der Waals surface area (Å²) in [5, 5.41) is 10.8. The number of thioether (sulfide) groups is 1. The Balaban J connectivity index is 1.61. The van der Waals surface area contributed by atoms with Gasteiger partial charge in [0.15, 0.2) is 0 Å². The largest absolute Gasteiger partial charge is 0.481 e. The molecule has 0 spiro atoms. The summed E-state index contributed by atoms with van der Waals surface area (Å²) in [4.78, 5) is 36.2. The maximum Gasteiger partial charge on any atom is 0.303 e. The van der Waals surface area contributed by atoms with Crippen molar-refractivity contribution in [2.24, 2.45) is 5.92 Å². The molecule has 1 saturated heterocycles. The van der Waals surface area contributed by atoms with E-state index in [0.29, 0.717) is 24.6 Å². The molecule has 0 radical (unpaired) electrons. The predicted octanol–water partition coefficient (Wildman–Crippen LogP) is 3.50. The zero-order chi connectivity index (χ0) is 18.7. The number of carboxylic acids is 1. The summed E-state index contributed by atoms with van der Waals surface area (Å²) < 4.78 is 0. The molecule has 1 atom stereocenters. The van der Waals surface area contributed by atoms with E-state index >= 15 is 0 Å². The number of hydrogen-bond donors (Lipinski definition) is 1. The molecule has 1 fully saturated rings. The Bertz CT molecular complexity index is 821. The standard InChI is InChI=1S/C18H23N3O3S2/c1-11-12(2)26-18-16(11)17(19-10-20-18)25-9-14(22)21-7-3-4-13(8-21)5-6-15(23)24/h10,13H,3-9H2,1-2H3,(H,23,24). The fourth-order valence-electron chi connectivity index (χ4n) is 3.34. The van der Waals surface area contributed by atoms with Crippen LogP contribution in [0.25, 0.3) is 10.2 Å². The van der Waals surface area contributed by atoms with E-state index in [4.69, 9.17) is 5.11 Å². The number of aliphatic carboxylic acids is 1. The summed E-state index contributed by atoms with van der Waals surface area (Å²) in [5.74, 6) is -0.0162. The molecule has 2 aromatic heterocycles. The second-order valence-corrected chi connectivity index (χ2v) is 8.88. The molecule has 8 heteroatoms. The Labute approximate surface area is 161 Å². The average Bonchev–Trinajstić information content (AvgIpc) is 2.93. The molecule has 6 nitrogen and oxygen atoms in total. The van der Waals surface area contributed by atoms with E-state index < -0.39 is 5.97 Å². The van der Waals surface area contributed by atoms with Gasteiger partial charge in [-0.15, -0.1) is 11.3 Å². The van der Waals surface area contributed by atoms with Gasteiger partial charge in [0.1, 0.15) is 16.2 Å². The van der Waals surface area contributed by atoms with E-state index in [9.17, 15) is 9.59 Å². The third-order valence-corrected chi connectivity index (χ3v) is 6.99. The predicted molar refractivity (Wildman–Crippen MR) is 104 cm³/mol. The maximum absolute atomic E-state index is 12.6. The van der Waals surface area contributed by atoms with E-state index in [1.165, 1.54) is 22.2 Å². The molecule has 1 unspecified atom stereocenters. The molecule has 0 aliphatic carbocycles. The van der Waals surface area contributed by atoms with E-state index in [2.05, 4.69) is 23.8 Å². The molecule has 1 aliphatic heterocycles. The van der Waals surface area contributed by atoms with Gasteiger partial charge >= 0.3 is 5.97 Å². The molecule has 3 rings (SSSR count). The number of carbonyl (C=O) groups is 2. The third-order valence-electron chi connectivity index (χ3n) is 4.90. The Morgan fingerprint density at radius 2 is 2.19 bits per heavy atom. The first kappa shape index (κ1) is 19.1. The van der Waals surface area contributed by atoms with Crippen molar-refractivity contribution in [1.29, 1.82) is 0 Å². The van der Waals surface area contributed by atoms with Crippen molar-refractivity contribution in [3.63, 3.8) is 0 Å². The van der Waals surface area contributed by atoms with Crippen LogP contribution in [-0.4, -0.2) is 50.7 Å².